The van der Waals surface area contributed by atoms with Gasteiger partial charge in [-0.05, 0) is 66.1 Å². The Hall–Kier alpha value is -3.78. The number of nitrogens with zero attached hydrogens (tertiary/aromatic N) is 1. The molecule has 2 fully saturated rings. The zero-order chi connectivity index (χ0) is 47.2. The van der Waals surface area contributed by atoms with Gasteiger partial charge in [0.25, 0.3) is 0 Å². The first-order valence-electron chi connectivity index (χ1n) is 21.9. The number of hydrogen-bond acceptors (Lipinski definition) is 18. The zero-order valence-electron chi connectivity index (χ0n) is 38.9. The lowest BCUT2D eigenvalue weighted by atomic mass is 9.82. The molecule has 3 heterocycles. The van der Waals surface area contributed by atoms with Crippen molar-refractivity contribution in [3.05, 3.63) is 24.3 Å². The summed E-state index contributed by atoms with van der Waals surface area (Å²) in [6.07, 6.45) is -4.48. The van der Waals surface area contributed by atoms with Gasteiger partial charge in [0.05, 0.1) is 30.8 Å². The summed E-state index contributed by atoms with van der Waals surface area (Å²) in [4.78, 5) is 77.6. The summed E-state index contributed by atoms with van der Waals surface area (Å²) in [6, 6.07) is -0.833. The van der Waals surface area contributed by atoms with Crippen molar-refractivity contribution in [2.24, 2.45) is 11.8 Å². The largest absolute Gasteiger partial charge is 0.462 e. The molecule has 0 aromatic heterocycles. The van der Waals surface area contributed by atoms with Crippen LogP contribution < -0.4 is 0 Å². The summed E-state index contributed by atoms with van der Waals surface area (Å²) >= 11 is 0. The van der Waals surface area contributed by atoms with Crippen molar-refractivity contribution < 1.29 is 81.2 Å². The van der Waals surface area contributed by atoms with Crippen LogP contribution in [0.15, 0.2) is 24.3 Å². The van der Waals surface area contributed by atoms with Crippen LogP contribution in [0.3, 0.4) is 0 Å². The summed E-state index contributed by atoms with van der Waals surface area (Å²) in [7, 11) is 4.82. The maximum Gasteiger partial charge on any atom is 0.309 e. The van der Waals surface area contributed by atoms with Crippen LogP contribution >= 0.6 is 0 Å². The minimum Gasteiger partial charge on any atom is -0.462 e. The van der Waals surface area contributed by atoms with Crippen LogP contribution in [0.4, 0.5) is 0 Å². The molecule has 2 saturated heterocycles. The van der Waals surface area contributed by atoms with E-state index in [1.54, 1.807) is 84.8 Å². The monoisotopic (exact) mass is 897 g/mol. The highest BCUT2D eigenvalue weighted by Crippen LogP contribution is 2.39. The van der Waals surface area contributed by atoms with Gasteiger partial charge in [-0.1, -0.05) is 39.0 Å². The predicted octanol–water partition coefficient (Wildman–Crippen LogP) is 3.91. The highest BCUT2D eigenvalue weighted by atomic mass is 16.7. The van der Waals surface area contributed by atoms with Gasteiger partial charge < -0.3 is 62.2 Å². The van der Waals surface area contributed by atoms with Gasteiger partial charge >= 0.3 is 29.8 Å². The fourth-order valence-electron chi connectivity index (χ4n) is 8.57. The Bertz CT molecular complexity index is 1590. The van der Waals surface area contributed by atoms with Crippen molar-refractivity contribution in [3.8, 4) is 0 Å². The molecule has 3 rings (SSSR count). The zero-order valence-corrected chi connectivity index (χ0v) is 38.9. The number of ether oxygens (including phenoxy) is 10. The van der Waals surface area contributed by atoms with E-state index in [-0.39, 0.29) is 32.1 Å². The van der Waals surface area contributed by atoms with Crippen LogP contribution in [0.25, 0.3) is 0 Å². The van der Waals surface area contributed by atoms with E-state index >= 15 is 0 Å². The standard InChI is InChI=1S/C45H71NO17/c1-13-34(50)59-33-23-36(52)55-26(4)18-16-15-17-19-32(58-29(7)48)25(3)22-31(20-21-47)41(42(33)54-12)62-44-39(53)38(46(10)11)40(27(5)57-44)61-37-24-45(9,63-30(8)49)43(28(6)56-37)60-35(51)14-2/h15-17,19,21,25-28,31-33,37-44,53H,13-14,18,20,22-24H2,1-12H3/b16-15+,19-17+/t25-,26-,27-,28+,31+,32+,33-,37+,38-,39-,40-,41+,42+,43+,44+,45-/m1/s1. The summed E-state index contributed by atoms with van der Waals surface area (Å²) < 4.78 is 60.7. The van der Waals surface area contributed by atoms with E-state index in [1.165, 1.54) is 21.0 Å². The summed E-state index contributed by atoms with van der Waals surface area (Å²) in [5.41, 5.74) is -1.33. The molecule has 0 aromatic carbocycles. The lowest BCUT2D eigenvalue weighted by Crippen LogP contribution is -2.66. The number of aliphatic hydroxyl groups excluding tert-OH is 1. The smallest absolute Gasteiger partial charge is 0.309 e. The molecular weight excluding hydrogens is 826 g/mol. The van der Waals surface area contributed by atoms with E-state index in [0.29, 0.717) is 12.7 Å². The highest BCUT2D eigenvalue weighted by Gasteiger charge is 2.54. The Kier molecular flexibility index (Phi) is 21.3. The molecule has 0 aliphatic carbocycles. The van der Waals surface area contributed by atoms with Gasteiger partial charge in [0, 0.05) is 53.1 Å². The third-order valence-electron chi connectivity index (χ3n) is 11.5. The molecule has 0 bridgehead atoms. The van der Waals surface area contributed by atoms with Gasteiger partial charge in [-0.3, -0.25) is 24.0 Å². The lowest BCUT2D eigenvalue weighted by Gasteiger charge is -2.50. The average Bonchev–Trinajstić information content (AvgIpc) is 3.18. The van der Waals surface area contributed by atoms with Crippen molar-refractivity contribution in [2.75, 3.05) is 21.2 Å². The van der Waals surface area contributed by atoms with Crippen molar-refractivity contribution in [2.45, 2.75) is 193 Å². The second kappa shape index (κ2) is 25.1. The van der Waals surface area contributed by atoms with E-state index < -0.39 is 133 Å². The Morgan fingerprint density at radius 3 is 2.16 bits per heavy atom. The molecule has 18 nitrogen and oxygen atoms in total. The Morgan fingerprint density at radius 2 is 1.57 bits per heavy atom. The van der Waals surface area contributed by atoms with E-state index in [0.717, 1.165) is 0 Å². The number of methoxy groups -OCH3 is 1. The quantitative estimate of drug-likeness (QED) is 0.148. The van der Waals surface area contributed by atoms with E-state index in [1.807, 2.05) is 6.92 Å². The number of cyclic esters (lactones) is 1. The molecule has 0 unspecified atom stereocenters. The van der Waals surface area contributed by atoms with Gasteiger partial charge in [0.1, 0.15) is 42.9 Å². The number of aldehydes is 1. The number of esters is 5. The van der Waals surface area contributed by atoms with Gasteiger partial charge in [-0.2, -0.15) is 0 Å². The van der Waals surface area contributed by atoms with Gasteiger partial charge in [-0.15, -0.1) is 0 Å². The van der Waals surface area contributed by atoms with Crippen molar-refractivity contribution >= 4 is 36.1 Å². The van der Waals surface area contributed by atoms with Crippen LogP contribution in [0.5, 0.6) is 0 Å². The number of carbonyl (C=O) groups is 6. The normalized spacial score (nSPS) is 38.1. The maximum atomic E-state index is 13.4. The average molecular weight is 898 g/mol. The van der Waals surface area contributed by atoms with Gasteiger partial charge in [0.15, 0.2) is 24.3 Å². The van der Waals surface area contributed by atoms with Crippen molar-refractivity contribution in [1.82, 2.24) is 4.90 Å². The molecule has 63 heavy (non-hydrogen) atoms. The second-order valence-electron chi connectivity index (χ2n) is 17.1. The first kappa shape index (κ1) is 53.6. The Balaban J connectivity index is 2.09. The highest BCUT2D eigenvalue weighted by molar-refractivity contribution is 5.73. The van der Waals surface area contributed by atoms with Crippen LogP contribution in [0, 0.1) is 11.8 Å². The van der Waals surface area contributed by atoms with E-state index in [2.05, 4.69) is 0 Å². The molecule has 3 aliphatic rings. The fraction of sp³-hybridized carbons (Fsp3) is 0.778. The molecule has 0 amide bonds. The van der Waals surface area contributed by atoms with Gasteiger partial charge in [-0.25, -0.2) is 0 Å². The van der Waals surface area contributed by atoms with E-state index in [9.17, 15) is 33.9 Å². The lowest BCUT2D eigenvalue weighted by molar-refractivity contribution is -0.344. The molecule has 0 spiro atoms. The SMILES string of the molecule is CCC(=O)O[C@@H]1CC(=O)O[C@H](C)C/C=C/C=C/[C@H](OC(C)=O)[C@H](C)C[C@H](CC=O)[C@H](O[C@@H]2O[C@H](C)[C@@H](O[C@H]3C[C@@](C)(OC(C)=O)[C@@H](OC(=O)CC)[C@H](C)O3)[C@H](N(C)C)[C@H]2O)[C@H]1OC. The summed E-state index contributed by atoms with van der Waals surface area (Å²) in [5, 5.41) is 12.2. The van der Waals surface area contributed by atoms with Crippen LogP contribution in [-0.4, -0.2) is 153 Å². The molecule has 16 atom stereocenters. The number of allylic oxidation sites excluding steroid dienone is 2. The topological polar surface area (TPSA) is 218 Å². The Labute approximate surface area is 371 Å². The van der Waals surface area contributed by atoms with Gasteiger partial charge in [0.2, 0.25) is 0 Å². The molecule has 0 aromatic rings. The van der Waals surface area contributed by atoms with Crippen molar-refractivity contribution in [1.29, 1.82) is 0 Å². The molecule has 358 valence electrons. The van der Waals surface area contributed by atoms with E-state index in [4.69, 9.17) is 47.4 Å². The number of rotatable bonds is 14. The number of likely N-dealkylation sites (N-methyl/N-ethyl adjacent to an activating group) is 1. The minimum atomic E-state index is -1.45. The number of hydrogen-bond donors (Lipinski definition) is 1. The van der Waals surface area contributed by atoms with Crippen molar-refractivity contribution in [3.63, 3.8) is 0 Å². The Morgan fingerprint density at radius 1 is 0.905 bits per heavy atom. The molecule has 0 radical (unpaired) electrons. The second-order valence-corrected chi connectivity index (χ2v) is 17.1. The molecule has 3 aliphatic heterocycles. The maximum absolute atomic E-state index is 13.4. The fourth-order valence-corrected chi connectivity index (χ4v) is 8.57. The van der Waals surface area contributed by atoms with Crippen LogP contribution in [-0.2, 0) is 76.1 Å². The predicted molar refractivity (Wildman–Crippen MR) is 224 cm³/mol. The minimum absolute atomic E-state index is 0.0260. The third kappa shape index (κ3) is 15.4. The molecular formula is C45H71NO17. The third-order valence-corrected chi connectivity index (χ3v) is 11.5. The summed E-state index contributed by atoms with van der Waals surface area (Å²) in [6.45, 7) is 14.4. The molecule has 0 saturated carbocycles. The summed E-state index contributed by atoms with van der Waals surface area (Å²) in [5.74, 6) is -4.06. The number of carbonyl (C=O) groups excluding carboxylic acids is 6. The van der Waals surface area contributed by atoms with Crippen LogP contribution in [0.1, 0.15) is 107 Å². The molecule has 1 N–H and O–H groups in total. The first-order valence-corrected chi connectivity index (χ1v) is 21.9. The first-order chi connectivity index (χ1) is 29.7. The number of aliphatic hydroxyl groups is 1. The van der Waals surface area contributed by atoms with Crippen LogP contribution in [0.2, 0.25) is 0 Å². The molecule has 18 heteroatoms.